The molecular weight excluding hydrogens is 284 g/mol. The summed E-state index contributed by atoms with van der Waals surface area (Å²) in [6.07, 6.45) is 3.12. The molecule has 0 amide bonds. The lowest BCUT2D eigenvalue weighted by Gasteiger charge is -2.15. The number of para-hydroxylation sites is 1. The SMILES string of the molecule is COC(=O)C(CCSc1cc2ccccc2[nH]1)NC1CC1. The number of nitrogens with one attached hydrogen (secondary N) is 2. The van der Waals surface area contributed by atoms with Crippen LogP contribution in [0, 0.1) is 0 Å². The summed E-state index contributed by atoms with van der Waals surface area (Å²) in [4.78, 5) is 15.1. The molecule has 2 aromatic rings. The Labute approximate surface area is 128 Å². The van der Waals surface area contributed by atoms with Gasteiger partial charge in [0.25, 0.3) is 0 Å². The van der Waals surface area contributed by atoms with Crippen molar-refractivity contribution in [2.45, 2.75) is 36.4 Å². The maximum Gasteiger partial charge on any atom is 0.322 e. The van der Waals surface area contributed by atoms with Crippen LogP contribution in [0.4, 0.5) is 0 Å². The number of aromatic amines is 1. The number of hydrogen-bond acceptors (Lipinski definition) is 4. The van der Waals surface area contributed by atoms with Crippen molar-refractivity contribution >= 4 is 28.6 Å². The molecule has 1 aliphatic rings. The van der Waals surface area contributed by atoms with Gasteiger partial charge in [0.1, 0.15) is 6.04 Å². The summed E-state index contributed by atoms with van der Waals surface area (Å²) in [5.41, 5.74) is 1.15. The normalized spacial score (nSPS) is 16.0. The second-order valence-corrected chi connectivity index (χ2v) is 6.51. The molecule has 2 N–H and O–H groups in total. The molecule has 1 heterocycles. The van der Waals surface area contributed by atoms with E-state index in [2.05, 4.69) is 28.5 Å². The Hall–Kier alpha value is -1.46. The van der Waals surface area contributed by atoms with Crippen molar-refractivity contribution in [1.29, 1.82) is 0 Å². The third kappa shape index (κ3) is 3.80. The standard InChI is InChI=1S/C16H20N2O2S/c1-20-16(19)14(17-12-6-7-12)8-9-21-15-10-11-4-2-3-5-13(11)18-15/h2-5,10,12,14,17-18H,6-9H2,1H3. The summed E-state index contributed by atoms with van der Waals surface area (Å²) in [5, 5.41) is 5.72. The zero-order valence-electron chi connectivity index (χ0n) is 12.1. The van der Waals surface area contributed by atoms with Crippen LogP contribution in [0.25, 0.3) is 10.9 Å². The number of hydrogen-bond donors (Lipinski definition) is 2. The molecule has 112 valence electrons. The van der Waals surface area contributed by atoms with Crippen LogP contribution >= 0.6 is 11.8 Å². The summed E-state index contributed by atoms with van der Waals surface area (Å²) in [5.74, 6) is 0.728. The Morgan fingerprint density at radius 1 is 1.48 bits per heavy atom. The van der Waals surface area contributed by atoms with Gasteiger partial charge in [0.05, 0.1) is 12.1 Å². The monoisotopic (exact) mass is 304 g/mol. The first-order valence-corrected chi connectivity index (χ1v) is 8.29. The first-order valence-electron chi connectivity index (χ1n) is 7.30. The van der Waals surface area contributed by atoms with Crippen LogP contribution in [0.5, 0.6) is 0 Å². The minimum atomic E-state index is -0.181. The summed E-state index contributed by atoms with van der Waals surface area (Å²) in [7, 11) is 1.45. The van der Waals surface area contributed by atoms with Crippen LogP contribution in [0.3, 0.4) is 0 Å². The minimum absolute atomic E-state index is 0.154. The molecule has 0 bridgehead atoms. The van der Waals surface area contributed by atoms with E-state index in [-0.39, 0.29) is 12.0 Å². The Kier molecular flexibility index (Phi) is 4.51. The Balaban J connectivity index is 1.54. The number of fused-ring (bicyclic) bond motifs is 1. The number of ether oxygens (including phenoxy) is 1. The third-order valence-corrected chi connectivity index (χ3v) is 4.64. The Morgan fingerprint density at radius 3 is 3.00 bits per heavy atom. The summed E-state index contributed by atoms with van der Waals surface area (Å²) >= 11 is 1.75. The lowest BCUT2D eigenvalue weighted by Crippen LogP contribution is -2.39. The molecule has 3 rings (SSSR count). The average molecular weight is 304 g/mol. The second-order valence-electron chi connectivity index (χ2n) is 5.37. The van der Waals surface area contributed by atoms with E-state index >= 15 is 0 Å². The minimum Gasteiger partial charge on any atom is -0.468 e. The summed E-state index contributed by atoms with van der Waals surface area (Å²) < 4.78 is 4.87. The molecule has 1 aliphatic carbocycles. The highest BCUT2D eigenvalue weighted by Crippen LogP contribution is 2.25. The van der Waals surface area contributed by atoms with E-state index in [0.717, 1.165) is 22.7 Å². The van der Waals surface area contributed by atoms with E-state index < -0.39 is 0 Å². The van der Waals surface area contributed by atoms with E-state index in [0.29, 0.717) is 6.04 Å². The number of benzene rings is 1. The van der Waals surface area contributed by atoms with E-state index in [1.165, 1.54) is 25.3 Å². The quantitative estimate of drug-likeness (QED) is 0.610. The smallest absolute Gasteiger partial charge is 0.322 e. The fraction of sp³-hybridized carbons (Fsp3) is 0.438. The maximum absolute atomic E-state index is 11.8. The summed E-state index contributed by atoms with van der Waals surface area (Å²) in [6, 6.07) is 10.7. The number of rotatable bonds is 7. The molecule has 1 unspecified atom stereocenters. The van der Waals surface area contributed by atoms with Gasteiger partial charge in [-0.3, -0.25) is 4.79 Å². The van der Waals surface area contributed by atoms with Crippen LogP contribution in [0.1, 0.15) is 19.3 Å². The highest BCUT2D eigenvalue weighted by atomic mass is 32.2. The molecule has 1 aromatic heterocycles. The van der Waals surface area contributed by atoms with Crippen molar-refractivity contribution in [2.24, 2.45) is 0 Å². The molecule has 1 aromatic carbocycles. The molecule has 1 saturated carbocycles. The van der Waals surface area contributed by atoms with E-state index in [1.807, 2.05) is 12.1 Å². The molecule has 1 fully saturated rings. The highest BCUT2D eigenvalue weighted by Gasteiger charge is 2.28. The predicted molar refractivity (Wildman–Crippen MR) is 85.6 cm³/mol. The third-order valence-electron chi connectivity index (χ3n) is 3.67. The van der Waals surface area contributed by atoms with Crippen molar-refractivity contribution < 1.29 is 9.53 Å². The van der Waals surface area contributed by atoms with Crippen LogP contribution in [-0.2, 0) is 9.53 Å². The van der Waals surface area contributed by atoms with Crippen LogP contribution in [-0.4, -0.2) is 35.9 Å². The molecule has 1 atom stereocenters. The van der Waals surface area contributed by atoms with Crippen molar-refractivity contribution in [3.05, 3.63) is 30.3 Å². The number of carbonyl (C=O) groups is 1. The Morgan fingerprint density at radius 2 is 2.29 bits per heavy atom. The number of H-pyrrole nitrogens is 1. The van der Waals surface area contributed by atoms with Gasteiger partial charge < -0.3 is 15.0 Å². The molecule has 4 nitrogen and oxygen atoms in total. The van der Waals surface area contributed by atoms with E-state index in [1.54, 1.807) is 11.8 Å². The van der Waals surface area contributed by atoms with Crippen LogP contribution in [0.2, 0.25) is 0 Å². The van der Waals surface area contributed by atoms with Gasteiger partial charge in [0, 0.05) is 22.7 Å². The fourth-order valence-corrected chi connectivity index (χ4v) is 3.32. The number of methoxy groups -OCH3 is 1. The molecule has 5 heteroatoms. The van der Waals surface area contributed by atoms with Gasteiger partial charge in [0.15, 0.2) is 0 Å². The second kappa shape index (κ2) is 6.54. The van der Waals surface area contributed by atoms with Crippen molar-refractivity contribution in [3.8, 4) is 0 Å². The number of aromatic nitrogens is 1. The number of thioether (sulfide) groups is 1. The van der Waals surface area contributed by atoms with E-state index in [9.17, 15) is 4.79 Å². The van der Waals surface area contributed by atoms with Gasteiger partial charge in [-0.2, -0.15) is 0 Å². The summed E-state index contributed by atoms with van der Waals surface area (Å²) in [6.45, 7) is 0. The zero-order valence-corrected chi connectivity index (χ0v) is 12.9. The van der Waals surface area contributed by atoms with Gasteiger partial charge in [-0.15, -0.1) is 11.8 Å². The lowest BCUT2D eigenvalue weighted by molar-refractivity contribution is -0.143. The van der Waals surface area contributed by atoms with E-state index in [4.69, 9.17) is 4.74 Å². The van der Waals surface area contributed by atoms with Gasteiger partial charge in [-0.25, -0.2) is 0 Å². The lowest BCUT2D eigenvalue weighted by atomic mass is 10.2. The predicted octanol–water partition coefficient (Wildman–Crippen LogP) is 2.94. The molecule has 0 saturated heterocycles. The van der Waals surface area contributed by atoms with Gasteiger partial charge in [-0.05, 0) is 31.4 Å². The number of carbonyl (C=O) groups excluding carboxylic acids is 1. The average Bonchev–Trinajstić information content (AvgIpc) is 3.22. The molecule has 0 aliphatic heterocycles. The van der Waals surface area contributed by atoms with Gasteiger partial charge in [-0.1, -0.05) is 18.2 Å². The zero-order chi connectivity index (χ0) is 14.7. The first-order chi connectivity index (χ1) is 10.3. The van der Waals surface area contributed by atoms with Gasteiger partial charge in [0.2, 0.25) is 0 Å². The fourth-order valence-electron chi connectivity index (χ4n) is 2.36. The number of esters is 1. The highest BCUT2D eigenvalue weighted by molar-refractivity contribution is 7.99. The maximum atomic E-state index is 11.8. The molecular formula is C16H20N2O2S. The molecule has 21 heavy (non-hydrogen) atoms. The Bertz CT molecular complexity index is 589. The van der Waals surface area contributed by atoms with Crippen molar-refractivity contribution in [2.75, 3.05) is 12.9 Å². The van der Waals surface area contributed by atoms with Crippen LogP contribution < -0.4 is 5.32 Å². The van der Waals surface area contributed by atoms with Crippen molar-refractivity contribution in [3.63, 3.8) is 0 Å². The van der Waals surface area contributed by atoms with Crippen molar-refractivity contribution in [1.82, 2.24) is 10.3 Å². The molecule has 0 spiro atoms. The molecule has 0 radical (unpaired) electrons. The topological polar surface area (TPSA) is 54.1 Å². The largest absolute Gasteiger partial charge is 0.468 e. The van der Waals surface area contributed by atoms with Gasteiger partial charge >= 0.3 is 5.97 Å². The first kappa shape index (κ1) is 14.5. The van der Waals surface area contributed by atoms with Crippen LogP contribution in [0.15, 0.2) is 35.4 Å².